The third-order valence-corrected chi connectivity index (χ3v) is 9.91. The molecule has 9 rings (SSSR count). The van der Waals surface area contributed by atoms with Crippen molar-refractivity contribution in [2.24, 2.45) is 5.41 Å². The average molecular weight is 577 g/mol. The molecule has 5 aromatic carbocycles. The number of benzene rings is 5. The lowest BCUT2D eigenvalue weighted by atomic mass is 9.68. The maximum absolute atomic E-state index is 2.81. The van der Waals surface area contributed by atoms with E-state index in [1.807, 2.05) is 0 Å². The second kappa shape index (κ2) is 11.8. The second-order valence-electron chi connectivity index (χ2n) is 12.9. The van der Waals surface area contributed by atoms with E-state index in [1.165, 1.54) is 27.8 Å². The summed E-state index contributed by atoms with van der Waals surface area (Å²) in [5.41, 5.74) is 6.98. The lowest BCUT2D eigenvalue weighted by Gasteiger charge is -2.71. The molecule has 0 N–H and O–H groups in total. The highest BCUT2D eigenvalue weighted by atomic mass is 15.6. The Labute approximate surface area is 261 Å². The van der Waals surface area contributed by atoms with Crippen molar-refractivity contribution in [1.82, 2.24) is 19.6 Å². The molecule has 0 radical (unpaired) electrons. The molecule has 5 aromatic rings. The zero-order chi connectivity index (χ0) is 29.3. The molecule has 7 atom stereocenters. The van der Waals surface area contributed by atoms with Crippen molar-refractivity contribution < 1.29 is 0 Å². The van der Waals surface area contributed by atoms with Crippen LogP contribution >= 0.6 is 0 Å². The minimum atomic E-state index is 0.0275. The summed E-state index contributed by atoms with van der Waals surface area (Å²) in [7, 11) is 0. The summed E-state index contributed by atoms with van der Waals surface area (Å²) < 4.78 is 0. The Bertz CT molecular complexity index is 1600. The monoisotopic (exact) mass is 576 g/mol. The molecule has 4 heterocycles. The highest BCUT2D eigenvalue weighted by Gasteiger charge is 2.62. The molecule has 220 valence electrons. The topological polar surface area (TPSA) is 13.0 Å². The zero-order valence-electron chi connectivity index (χ0n) is 25.2. The van der Waals surface area contributed by atoms with Gasteiger partial charge in [0, 0.05) is 44.2 Å². The van der Waals surface area contributed by atoms with Gasteiger partial charge in [-0.3, -0.25) is 19.6 Å². The molecule has 0 saturated carbocycles. The van der Waals surface area contributed by atoms with Gasteiger partial charge >= 0.3 is 0 Å². The predicted molar refractivity (Wildman–Crippen MR) is 177 cm³/mol. The zero-order valence-corrected chi connectivity index (χ0v) is 25.2. The highest BCUT2D eigenvalue weighted by molar-refractivity contribution is 5.33. The molecule has 7 unspecified atom stereocenters. The van der Waals surface area contributed by atoms with E-state index in [0.29, 0.717) is 6.04 Å². The minimum absolute atomic E-state index is 0.0275. The van der Waals surface area contributed by atoms with E-state index in [0.717, 1.165) is 39.4 Å². The largest absolute Gasteiger partial charge is 0.294 e. The molecule has 0 spiro atoms. The fourth-order valence-electron chi connectivity index (χ4n) is 8.47. The molecule has 4 fully saturated rings. The van der Waals surface area contributed by atoms with Crippen molar-refractivity contribution in [2.75, 3.05) is 26.3 Å². The fourth-order valence-corrected chi connectivity index (χ4v) is 8.47. The SMILES string of the molecule is c1ccc(CN(Cc2ccccc2)CC23CN4CN(C(c5ccccc5)N(C2)C4c2ccccc2)C3c2ccccc2)cc1. The van der Waals surface area contributed by atoms with Crippen LogP contribution in [-0.4, -0.2) is 45.9 Å². The highest BCUT2D eigenvalue weighted by Crippen LogP contribution is 2.59. The van der Waals surface area contributed by atoms with Crippen LogP contribution in [0.5, 0.6) is 0 Å². The van der Waals surface area contributed by atoms with E-state index in [9.17, 15) is 0 Å². The molecule has 4 saturated heterocycles. The van der Waals surface area contributed by atoms with Gasteiger partial charge in [0.2, 0.25) is 0 Å². The third-order valence-electron chi connectivity index (χ3n) is 9.91. The average Bonchev–Trinajstić information content (AvgIpc) is 3.07. The van der Waals surface area contributed by atoms with Gasteiger partial charge in [0.1, 0.15) is 0 Å². The summed E-state index contributed by atoms with van der Waals surface area (Å²) in [4.78, 5) is 11.1. The standard InChI is InChI=1S/C40H40N4/c1-6-16-32(17-7-1)26-41(27-33-18-8-2-9-19-33)28-40-29-42-31-44(37(40)34-20-10-3-11-21-34)39(36-24-14-5-15-25-36)43(30-40)38(42)35-22-12-4-13-23-35/h1-25,37-39H,26-31H2. The summed E-state index contributed by atoms with van der Waals surface area (Å²) in [5, 5.41) is 0. The Morgan fingerprint density at radius 1 is 0.500 bits per heavy atom. The minimum Gasteiger partial charge on any atom is -0.294 e. The first-order chi connectivity index (χ1) is 21.8. The predicted octanol–water partition coefficient (Wildman–Crippen LogP) is 7.72. The Morgan fingerprint density at radius 2 is 0.955 bits per heavy atom. The van der Waals surface area contributed by atoms with Gasteiger partial charge in [0.05, 0.1) is 19.0 Å². The van der Waals surface area contributed by atoms with Gasteiger partial charge in [-0.05, 0) is 27.8 Å². The molecule has 0 amide bonds. The van der Waals surface area contributed by atoms with Gasteiger partial charge < -0.3 is 0 Å². The summed E-state index contributed by atoms with van der Waals surface area (Å²) in [6, 6.07) is 56.1. The van der Waals surface area contributed by atoms with Crippen molar-refractivity contribution in [3.05, 3.63) is 179 Å². The Hall–Kier alpha value is -4.06. The molecule has 4 nitrogen and oxygen atoms in total. The van der Waals surface area contributed by atoms with E-state index in [2.05, 4.69) is 171 Å². The van der Waals surface area contributed by atoms with Crippen LogP contribution < -0.4 is 0 Å². The molecule has 4 aliphatic rings. The first-order valence-corrected chi connectivity index (χ1v) is 16.0. The molecule has 4 aliphatic heterocycles. The number of rotatable bonds is 9. The summed E-state index contributed by atoms with van der Waals surface area (Å²) >= 11 is 0. The van der Waals surface area contributed by atoms with Crippen LogP contribution in [0.3, 0.4) is 0 Å². The molecule has 0 aliphatic carbocycles. The molecule has 4 heteroatoms. The Balaban J connectivity index is 1.24. The normalized spacial score (nSPS) is 28.8. The van der Waals surface area contributed by atoms with E-state index in [4.69, 9.17) is 0 Å². The van der Waals surface area contributed by atoms with Gasteiger partial charge in [-0.2, -0.15) is 0 Å². The summed E-state index contributed by atoms with van der Waals surface area (Å²) in [5.74, 6) is 0. The van der Waals surface area contributed by atoms with Crippen LogP contribution in [0.25, 0.3) is 0 Å². The van der Waals surface area contributed by atoms with E-state index in [1.54, 1.807) is 0 Å². The van der Waals surface area contributed by atoms with E-state index < -0.39 is 0 Å². The molecular formula is C40H40N4. The summed E-state index contributed by atoms with van der Waals surface area (Å²) in [6.45, 7) is 5.95. The molecule has 44 heavy (non-hydrogen) atoms. The first-order valence-electron chi connectivity index (χ1n) is 16.0. The second-order valence-corrected chi connectivity index (χ2v) is 12.9. The van der Waals surface area contributed by atoms with Gasteiger partial charge in [0.15, 0.2) is 0 Å². The van der Waals surface area contributed by atoms with Crippen molar-refractivity contribution in [3.63, 3.8) is 0 Å². The fraction of sp³-hybridized carbons (Fsp3) is 0.250. The lowest BCUT2D eigenvalue weighted by molar-refractivity contribution is -0.283. The third kappa shape index (κ3) is 5.08. The summed E-state index contributed by atoms with van der Waals surface area (Å²) in [6.07, 6.45) is 0.479. The van der Waals surface area contributed by atoms with Crippen LogP contribution in [0.15, 0.2) is 152 Å². The van der Waals surface area contributed by atoms with Crippen LogP contribution in [0.4, 0.5) is 0 Å². The quantitative estimate of drug-likeness (QED) is 0.178. The van der Waals surface area contributed by atoms with Crippen molar-refractivity contribution in [2.45, 2.75) is 31.5 Å². The van der Waals surface area contributed by atoms with Crippen molar-refractivity contribution >= 4 is 0 Å². The first kappa shape index (κ1) is 27.5. The Morgan fingerprint density at radius 3 is 1.48 bits per heavy atom. The van der Waals surface area contributed by atoms with Crippen LogP contribution in [0.1, 0.15) is 46.2 Å². The number of hydrogen-bond donors (Lipinski definition) is 0. The van der Waals surface area contributed by atoms with Crippen molar-refractivity contribution in [3.8, 4) is 0 Å². The Kier molecular flexibility index (Phi) is 7.37. The van der Waals surface area contributed by atoms with Gasteiger partial charge in [-0.25, -0.2) is 0 Å². The van der Waals surface area contributed by atoms with Crippen molar-refractivity contribution in [1.29, 1.82) is 0 Å². The van der Waals surface area contributed by atoms with Gasteiger partial charge in [-0.15, -0.1) is 0 Å². The van der Waals surface area contributed by atoms with Gasteiger partial charge in [-0.1, -0.05) is 152 Å². The molecule has 4 bridgehead atoms. The van der Waals surface area contributed by atoms with Crippen LogP contribution in [-0.2, 0) is 13.1 Å². The van der Waals surface area contributed by atoms with E-state index >= 15 is 0 Å². The molecule has 0 aromatic heterocycles. The number of nitrogens with zero attached hydrogens (tertiary/aromatic N) is 4. The maximum Gasteiger partial charge on any atom is 0.0917 e. The maximum atomic E-state index is 2.81. The van der Waals surface area contributed by atoms with Crippen LogP contribution in [0, 0.1) is 5.41 Å². The van der Waals surface area contributed by atoms with Crippen LogP contribution in [0.2, 0.25) is 0 Å². The lowest BCUT2D eigenvalue weighted by Crippen LogP contribution is -2.76. The molecular weight excluding hydrogens is 536 g/mol. The number of hydrogen-bond acceptors (Lipinski definition) is 4. The van der Waals surface area contributed by atoms with E-state index in [-0.39, 0.29) is 17.7 Å². The smallest absolute Gasteiger partial charge is 0.0917 e. The van der Waals surface area contributed by atoms with Gasteiger partial charge in [0.25, 0.3) is 0 Å².